The van der Waals surface area contributed by atoms with E-state index >= 15 is 0 Å². The van der Waals surface area contributed by atoms with Crippen molar-refractivity contribution in [3.05, 3.63) is 0 Å². The number of ether oxygens (including phenoxy) is 1. The van der Waals surface area contributed by atoms with Crippen molar-refractivity contribution in [2.45, 2.75) is 38.2 Å². The van der Waals surface area contributed by atoms with E-state index in [1.54, 1.807) is 0 Å². The third-order valence-electron chi connectivity index (χ3n) is 2.42. The van der Waals surface area contributed by atoms with E-state index < -0.39 is 0 Å². The lowest BCUT2D eigenvalue weighted by Gasteiger charge is -2.08. The molecule has 0 spiro atoms. The zero-order chi connectivity index (χ0) is 10.2. The minimum absolute atomic E-state index is 0. The van der Waals surface area contributed by atoms with Crippen molar-refractivity contribution in [1.82, 2.24) is 5.32 Å². The van der Waals surface area contributed by atoms with Gasteiger partial charge in [0, 0.05) is 19.6 Å². The zero-order valence-corrected chi connectivity index (χ0v) is 9.85. The lowest BCUT2D eigenvalue weighted by Crippen LogP contribution is -2.26. The normalized spacial score (nSPS) is 19.7. The van der Waals surface area contributed by atoms with Crippen molar-refractivity contribution in [2.24, 2.45) is 5.73 Å². The van der Waals surface area contributed by atoms with Crippen LogP contribution in [0, 0.1) is 0 Å². The quantitative estimate of drug-likeness (QED) is 0.672. The largest absolute Gasteiger partial charge is 0.378 e. The second-order valence-electron chi connectivity index (χ2n) is 3.67. The van der Waals surface area contributed by atoms with Gasteiger partial charge in [0.15, 0.2) is 0 Å². The van der Waals surface area contributed by atoms with Crippen molar-refractivity contribution >= 4 is 18.3 Å². The van der Waals surface area contributed by atoms with Crippen LogP contribution in [0.4, 0.5) is 0 Å². The summed E-state index contributed by atoms with van der Waals surface area (Å²) in [7, 11) is 0. The molecule has 3 N–H and O–H groups in total. The average molecular weight is 237 g/mol. The first kappa shape index (κ1) is 14.7. The molecule has 15 heavy (non-hydrogen) atoms. The van der Waals surface area contributed by atoms with Crippen LogP contribution < -0.4 is 11.1 Å². The lowest BCUT2D eigenvalue weighted by molar-refractivity contribution is -0.121. The smallest absolute Gasteiger partial charge is 0.220 e. The molecule has 1 aliphatic heterocycles. The van der Waals surface area contributed by atoms with Crippen LogP contribution in [-0.2, 0) is 9.53 Å². The molecule has 0 bridgehead atoms. The van der Waals surface area contributed by atoms with Gasteiger partial charge in [-0.05, 0) is 32.2 Å². The Labute approximate surface area is 97.3 Å². The van der Waals surface area contributed by atoms with Crippen molar-refractivity contribution in [1.29, 1.82) is 0 Å². The molecule has 1 saturated heterocycles. The molecular formula is C10H21ClN2O2. The Morgan fingerprint density at radius 3 is 2.93 bits per heavy atom. The fourth-order valence-corrected chi connectivity index (χ4v) is 1.58. The maximum Gasteiger partial charge on any atom is 0.220 e. The van der Waals surface area contributed by atoms with Gasteiger partial charge in [0.2, 0.25) is 5.91 Å². The maximum atomic E-state index is 11.3. The number of hydrogen-bond acceptors (Lipinski definition) is 3. The van der Waals surface area contributed by atoms with Crippen molar-refractivity contribution in [2.75, 3.05) is 19.7 Å². The predicted octanol–water partition coefficient (Wildman–Crippen LogP) is 0.832. The number of nitrogens with one attached hydrogen (secondary N) is 1. The molecule has 1 unspecified atom stereocenters. The molecule has 0 saturated carbocycles. The number of halogens is 1. The standard InChI is InChI=1S/C10H20N2O2.ClH/c11-6-2-7-12-10(13)5-4-9-3-1-8-14-9;/h9H,1-8,11H2,(H,12,13);1H. The van der Waals surface area contributed by atoms with Crippen LogP contribution in [0.3, 0.4) is 0 Å². The highest BCUT2D eigenvalue weighted by Crippen LogP contribution is 2.16. The second-order valence-corrected chi connectivity index (χ2v) is 3.67. The van der Waals surface area contributed by atoms with E-state index in [-0.39, 0.29) is 18.3 Å². The van der Waals surface area contributed by atoms with Gasteiger partial charge in [-0.15, -0.1) is 12.4 Å². The topological polar surface area (TPSA) is 64.3 Å². The van der Waals surface area contributed by atoms with E-state index in [4.69, 9.17) is 10.5 Å². The Kier molecular flexibility index (Phi) is 8.76. The van der Waals surface area contributed by atoms with Crippen molar-refractivity contribution in [3.8, 4) is 0 Å². The third-order valence-corrected chi connectivity index (χ3v) is 2.42. The first-order chi connectivity index (χ1) is 6.83. The highest BCUT2D eigenvalue weighted by Gasteiger charge is 2.16. The molecule has 4 nitrogen and oxygen atoms in total. The van der Waals surface area contributed by atoms with Gasteiger partial charge >= 0.3 is 0 Å². The predicted molar refractivity (Wildman–Crippen MR) is 62.1 cm³/mol. The van der Waals surface area contributed by atoms with Crippen molar-refractivity contribution in [3.63, 3.8) is 0 Å². The fraction of sp³-hybridized carbons (Fsp3) is 0.900. The van der Waals surface area contributed by atoms with Gasteiger partial charge in [0.25, 0.3) is 0 Å². The molecule has 0 radical (unpaired) electrons. The Bertz CT molecular complexity index is 173. The first-order valence-corrected chi connectivity index (χ1v) is 5.41. The summed E-state index contributed by atoms with van der Waals surface area (Å²) in [4.78, 5) is 11.3. The summed E-state index contributed by atoms with van der Waals surface area (Å²) in [5.74, 6) is 0.119. The molecule has 0 aliphatic carbocycles. The highest BCUT2D eigenvalue weighted by atomic mass is 35.5. The van der Waals surface area contributed by atoms with Gasteiger partial charge in [-0.2, -0.15) is 0 Å². The van der Waals surface area contributed by atoms with Crippen LogP contribution in [0.15, 0.2) is 0 Å². The van der Waals surface area contributed by atoms with Crippen LogP contribution in [0.5, 0.6) is 0 Å². The summed E-state index contributed by atoms with van der Waals surface area (Å²) < 4.78 is 5.43. The highest BCUT2D eigenvalue weighted by molar-refractivity contribution is 5.85. The first-order valence-electron chi connectivity index (χ1n) is 5.41. The van der Waals surface area contributed by atoms with Crippen LogP contribution in [0.1, 0.15) is 32.1 Å². The van der Waals surface area contributed by atoms with E-state index in [2.05, 4.69) is 5.32 Å². The number of carbonyl (C=O) groups is 1. The summed E-state index contributed by atoms with van der Waals surface area (Å²) in [6.45, 7) is 2.19. The molecule has 90 valence electrons. The number of nitrogens with two attached hydrogens (primary N) is 1. The van der Waals surface area contributed by atoms with Gasteiger partial charge in [-0.1, -0.05) is 0 Å². The maximum absolute atomic E-state index is 11.3. The minimum Gasteiger partial charge on any atom is -0.378 e. The van der Waals surface area contributed by atoms with E-state index in [1.807, 2.05) is 0 Å². The number of rotatable bonds is 6. The number of hydrogen-bond donors (Lipinski definition) is 2. The molecule has 0 aromatic carbocycles. The van der Waals surface area contributed by atoms with Gasteiger partial charge in [-0.3, -0.25) is 4.79 Å². The van der Waals surface area contributed by atoms with Gasteiger partial charge < -0.3 is 15.8 Å². The summed E-state index contributed by atoms with van der Waals surface area (Å²) >= 11 is 0. The Balaban J connectivity index is 0.00000196. The van der Waals surface area contributed by atoms with Crippen LogP contribution in [0.25, 0.3) is 0 Å². The van der Waals surface area contributed by atoms with Crippen LogP contribution >= 0.6 is 12.4 Å². The molecule has 1 atom stereocenters. The summed E-state index contributed by atoms with van der Waals surface area (Å²) in [6, 6.07) is 0. The zero-order valence-electron chi connectivity index (χ0n) is 9.04. The second kappa shape index (κ2) is 8.95. The Morgan fingerprint density at radius 2 is 2.33 bits per heavy atom. The Hall–Kier alpha value is -0.320. The molecule has 1 rings (SSSR count). The SMILES string of the molecule is Cl.NCCCNC(=O)CCC1CCCO1. The lowest BCUT2D eigenvalue weighted by atomic mass is 10.1. The number of carbonyl (C=O) groups excluding carboxylic acids is 1. The molecule has 1 heterocycles. The minimum atomic E-state index is 0. The van der Waals surface area contributed by atoms with E-state index in [9.17, 15) is 4.79 Å². The molecule has 5 heteroatoms. The van der Waals surface area contributed by atoms with E-state index in [0.717, 1.165) is 32.3 Å². The van der Waals surface area contributed by atoms with Crippen LogP contribution in [0.2, 0.25) is 0 Å². The summed E-state index contributed by atoms with van der Waals surface area (Å²) in [6.07, 6.45) is 4.85. The monoisotopic (exact) mass is 236 g/mol. The third kappa shape index (κ3) is 6.71. The average Bonchev–Trinajstić information content (AvgIpc) is 2.68. The molecule has 0 aromatic rings. The number of amides is 1. The molecule has 0 aromatic heterocycles. The summed E-state index contributed by atoms with van der Waals surface area (Å²) in [5, 5.41) is 2.83. The molecule has 1 fully saturated rings. The Morgan fingerprint density at radius 1 is 1.53 bits per heavy atom. The fourth-order valence-electron chi connectivity index (χ4n) is 1.58. The van der Waals surface area contributed by atoms with E-state index in [1.165, 1.54) is 0 Å². The van der Waals surface area contributed by atoms with Gasteiger partial charge in [0.1, 0.15) is 0 Å². The van der Waals surface area contributed by atoms with Crippen LogP contribution in [-0.4, -0.2) is 31.7 Å². The molecule has 1 amide bonds. The molecule has 1 aliphatic rings. The van der Waals surface area contributed by atoms with E-state index in [0.29, 0.717) is 25.6 Å². The summed E-state index contributed by atoms with van der Waals surface area (Å²) in [5.41, 5.74) is 5.32. The van der Waals surface area contributed by atoms with Gasteiger partial charge in [-0.25, -0.2) is 0 Å². The van der Waals surface area contributed by atoms with Gasteiger partial charge in [0.05, 0.1) is 6.10 Å². The molecular weight excluding hydrogens is 216 g/mol. The van der Waals surface area contributed by atoms with Crippen molar-refractivity contribution < 1.29 is 9.53 Å².